The summed E-state index contributed by atoms with van der Waals surface area (Å²) in [5, 5.41) is 0. The molecule has 0 saturated heterocycles. The van der Waals surface area contributed by atoms with E-state index < -0.39 is 11.6 Å². The average Bonchev–Trinajstić information content (AvgIpc) is 3.19. The number of H-pyrrole nitrogens is 1. The van der Waals surface area contributed by atoms with Gasteiger partial charge in [0, 0.05) is 11.6 Å². The summed E-state index contributed by atoms with van der Waals surface area (Å²) in [4.78, 5) is 27.5. The number of aromatic nitrogens is 4. The molecule has 4 aromatic rings. The van der Waals surface area contributed by atoms with Gasteiger partial charge in [0.2, 0.25) is 5.88 Å². The van der Waals surface area contributed by atoms with Crippen molar-refractivity contribution in [3.63, 3.8) is 0 Å². The Kier molecular flexibility index (Phi) is 5.45. The number of esters is 1. The molecule has 2 heterocycles. The molecule has 7 nitrogen and oxygen atoms in total. The van der Waals surface area contributed by atoms with Crippen molar-refractivity contribution in [1.29, 1.82) is 0 Å². The highest BCUT2D eigenvalue weighted by Crippen LogP contribution is 2.32. The van der Waals surface area contributed by atoms with Crippen LogP contribution in [0.2, 0.25) is 0 Å². The molecule has 0 atom stereocenters. The molecule has 1 aliphatic rings. The van der Waals surface area contributed by atoms with E-state index in [4.69, 9.17) is 9.47 Å². The Morgan fingerprint density at radius 3 is 2.70 bits per heavy atom. The van der Waals surface area contributed by atoms with Crippen LogP contribution < -0.4 is 4.74 Å². The highest BCUT2D eigenvalue weighted by Gasteiger charge is 2.37. The van der Waals surface area contributed by atoms with Crippen LogP contribution in [0.3, 0.4) is 0 Å². The van der Waals surface area contributed by atoms with E-state index in [9.17, 15) is 13.6 Å². The molecule has 33 heavy (non-hydrogen) atoms. The van der Waals surface area contributed by atoms with Crippen molar-refractivity contribution < 1.29 is 23.0 Å². The van der Waals surface area contributed by atoms with Crippen molar-refractivity contribution in [1.82, 2.24) is 19.9 Å². The molecule has 0 unspecified atom stereocenters. The Hall–Kier alpha value is -3.88. The minimum atomic E-state index is -0.492. The molecule has 1 fully saturated rings. The van der Waals surface area contributed by atoms with Crippen LogP contribution in [0.15, 0.2) is 48.8 Å². The van der Waals surface area contributed by atoms with E-state index in [-0.39, 0.29) is 23.6 Å². The maximum absolute atomic E-state index is 14.8. The summed E-state index contributed by atoms with van der Waals surface area (Å²) < 4.78 is 39.0. The van der Waals surface area contributed by atoms with Gasteiger partial charge >= 0.3 is 5.97 Å². The number of nitrogens with one attached hydrogen (secondary N) is 1. The number of carbonyl (C=O) groups is 1. The quantitative estimate of drug-likeness (QED) is 0.429. The molecule has 0 bridgehead atoms. The van der Waals surface area contributed by atoms with Gasteiger partial charge < -0.3 is 14.5 Å². The summed E-state index contributed by atoms with van der Waals surface area (Å²) in [5.41, 5.74) is 2.34. The van der Waals surface area contributed by atoms with Crippen LogP contribution in [0.25, 0.3) is 33.7 Å². The van der Waals surface area contributed by atoms with E-state index in [2.05, 4.69) is 19.9 Å². The van der Waals surface area contributed by atoms with Gasteiger partial charge in [-0.1, -0.05) is 6.07 Å². The monoisotopic (exact) mass is 450 g/mol. The fourth-order valence-electron chi connectivity index (χ4n) is 3.78. The van der Waals surface area contributed by atoms with Gasteiger partial charge in [-0.2, -0.15) is 0 Å². The molecule has 0 spiro atoms. The van der Waals surface area contributed by atoms with Crippen LogP contribution in [-0.4, -0.2) is 38.6 Å². The number of fused-ring (bicyclic) bond motifs is 1. The molecule has 1 N–H and O–H groups in total. The molecule has 9 heteroatoms. The lowest BCUT2D eigenvalue weighted by Crippen LogP contribution is -2.39. The second kappa shape index (κ2) is 8.57. The third kappa shape index (κ3) is 4.26. The zero-order valence-electron chi connectivity index (χ0n) is 17.7. The highest BCUT2D eigenvalue weighted by atomic mass is 19.1. The largest absolute Gasteiger partial charge is 0.473 e. The number of benzene rings is 2. The molecule has 0 amide bonds. The summed E-state index contributed by atoms with van der Waals surface area (Å²) in [5.74, 6) is -0.561. The van der Waals surface area contributed by atoms with E-state index in [1.807, 2.05) is 0 Å². The Morgan fingerprint density at radius 1 is 1.12 bits per heavy atom. The molecule has 0 radical (unpaired) electrons. The maximum Gasteiger partial charge on any atom is 0.309 e. The Morgan fingerprint density at radius 2 is 1.97 bits per heavy atom. The third-order valence-electron chi connectivity index (χ3n) is 5.60. The van der Waals surface area contributed by atoms with Crippen molar-refractivity contribution in [3.8, 4) is 28.5 Å². The molecular formula is C24H20F2N4O3. The van der Waals surface area contributed by atoms with Crippen molar-refractivity contribution >= 4 is 17.0 Å². The fraction of sp³-hybridized carbons (Fsp3) is 0.250. The normalized spacial score (nSPS) is 17.5. The number of imidazole rings is 1. The van der Waals surface area contributed by atoms with Crippen LogP contribution >= 0.6 is 0 Å². The second-order valence-electron chi connectivity index (χ2n) is 7.84. The summed E-state index contributed by atoms with van der Waals surface area (Å²) in [6, 6.07) is 8.83. The molecule has 0 aliphatic heterocycles. The standard InChI is InChI=1S/C24H20F2N4O3/c1-2-32-24(31)14-7-16(8-14)33-22-12-27-21(11-28-22)13-3-5-17(18(26)9-13)23-29-19-6-4-15(25)10-20(19)30-23/h3-6,9-12,14,16H,2,7-8H2,1H3,(H,29,30). The SMILES string of the molecule is CCOC(=O)C1CC(Oc2cnc(-c3ccc(-c4nc5cc(F)ccc5[nH]4)c(F)c3)cn2)C1. The molecule has 1 aliphatic carbocycles. The first-order chi connectivity index (χ1) is 16.0. The highest BCUT2D eigenvalue weighted by molar-refractivity contribution is 5.80. The Bertz CT molecular complexity index is 1320. The number of carbonyl (C=O) groups excluding carboxylic acids is 1. The van der Waals surface area contributed by atoms with Crippen molar-refractivity contribution in [2.45, 2.75) is 25.9 Å². The number of hydrogen-bond donors (Lipinski definition) is 1. The number of nitrogens with zero attached hydrogens (tertiary/aromatic N) is 3. The summed E-state index contributed by atoms with van der Waals surface area (Å²) in [6.45, 7) is 2.15. The molecule has 2 aromatic heterocycles. The minimum Gasteiger partial charge on any atom is -0.473 e. The molecule has 1 saturated carbocycles. The van der Waals surface area contributed by atoms with Crippen molar-refractivity contribution in [3.05, 3.63) is 60.4 Å². The molecule has 2 aromatic carbocycles. The van der Waals surface area contributed by atoms with Gasteiger partial charge in [-0.05, 0) is 44.0 Å². The summed E-state index contributed by atoms with van der Waals surface area (Å²) >= 11 is 0. The lowest BCUT2D eigenvalue weighted by atomic mass is 9.82. The van der Waals surface area contributed by atoms with E-state index in [0.29, 0.717) is 53.4 Å². The first kappa shape index (κ1) is 21.0. The Labute approximate surface area is 187 Å². The van der Waals surface area contributed by atoms with Gasteiger partial charge in [0.05, 0.1) is 47.2 Å². The lowest BCUT2D eigenvalue weighted by molar-refractivity contribution is -0.154. The van der Waals surface area contributed by atoms with Crippen LogP contribution in [0, 0.1) is 17.6 Å². The van der Waals surface area contributed by atoms with Gasteiger partial charge in [0.25, 0.3) is 0 Å². The smallest absolute Gasteiger partial charge is 0.309 e. The van der Waals surface area contributed by atoms with Crippen molar-refractivity contribution in [2.24, 2.45) is 5.92 Å². The van der Waals surface area contributed by atoms with Gasteiger partial charge in [-0.15, -0.1) is 0 Å². The topological polar surface area (TPSA) is 90.0 Å². The average molecular weight is 450 g/mol. The third-order valence-corrected chi connectivity index (χ3v) is 5.60. The van der Waals surface area contributed by atoms with Gasteiger partial charge in [-0.3, -0.25) is 4.79 Å². The minimum absolute atomic E-state index is 0.103. The number of rotatable bonds is 6. The van der Waals surface area contributed by atoms with Crippen LogP contribution in [0.5, 0.6) is 5.88 Å². The Balaban J connectivity index is 1.27. The first-order valence-electron chi connectivity index (χ1n) is 10.6. The van der Waals surface area contributed by atoms with Gasteiger partial charge in [0.1, 0.15) is 23.6 Å². The number of hydrogen-bond acceptors (Lipinski definition) is 6. The summed E-state index contributed by atoms with van der Waals surface area (Å²) in [6.07, 6.45) is 4.06. The van der Waals surface area contributed by atoms with Gasteiger partial charge in [0.15, 0.2) is 0 Å². The van der Waals surface area contributed by atoms with Crippen molar-refractivity contribution in [2.75, 3.05) is 6.61 Å². The molecule has 5 rings (SSSR count). The zero-order valence-corrected chi connectivity index (χ0v) is 17.7. The predicted molar refractivity (Wildman–Crippen MR) is 116 cm³/mol. The predicted octanol–water partition coefficient (Wildman–Crippen LogP) is 4.69. The number of aromatic amines is 1. The molecular weight excluding hydrogens is 430 g/mol. The fourth-order valence-corrected chi connectivity index (χ4v) is 3.78. The van der Waals surface area contributed by atoms with E-state index in [1.165, 1.54) is 30.6 Å². The van der Waals surface area contributed by atoms with Gasteiger partial charge in [-0.25, -0.2) is 23.7 Å². The number of halogens is 2. The van der Waals surface area contributed by atoms with Crippen LogP contribution in [-0.2, 0) is 9.53 Å². The summed E-state index contributed by atoms with van der Waals surface area (Å²) in [7, 11) is 0. The number of ether oxygens (including phenoxy) is 2. The maximum atomic E-state index is 14.8. The second-order valence-corrected chi connectivity index (χ2v) is 7.84. The molecule has 168 valence electrons. The van der Waals surface area contributed by atoms with Crippen LogP contribution in [0.1, 0.15) is 19.8 Å². The van der Waals surface area contributed by atoms with Crippen LogP contribution in [0.4, 0.5) is 8.78 Å². The lowest BCUT2D eigenvalue weighted by Gasteiger charge is -2.32. The van der Waals surface area contributed by atoms with E-state index in [1.54, 1.807) is 25.1 Å². The van der Waals surface area contributed by atoms with E-state index >= 15 is 0 Å². The first-order valence-corrected chi connectivity index (χ1v) is 10.6. The van der Waals surface area contributed by atoms with E-state index in [0.717, 1.165) is 0 Å². The zero-order chi connectivity index (χ0) is 22.9.